The lowest BCUT2D eigenvalue weighted by Crippen LogP contribution is -2.48. The number of amides is 1. The van der Waals surface area contributed by atoms with Gasteiger partial charge >= 0.3 is 0 Å². The number of fused-ring (bicyclic) bond motifs is 1. The third-order valence-corrected chi connectivity index (χ3v) is 10.2. The molecule has 188 valence electrons. The average molecular weight is 528 g/mol. The van der Waals surface area contributed by atoms with E-state index in [0.717, 1.165) is 46.7 Å². The third kappa shape index (κ3) is 4.39. The molecule has 2 aliphatic heterocycles. The van der Waals surface area contributed by atoms with Gasteiger partial charge in [-0.05, 0) is 55.2 Å². The molecular formula is C25H26FN5O3S2. The second-order valence-corrected chi connectivity index (χ2v) is 12.4. The van der Waals surface area contributed by atoms with Crippen molar-refractivity contribution < 1.29 is 17.6 Å². The van der Waals surface area contributed by atoms with Gasteiger partial charge < -0.3 is 9.80 Å². The van der Waals surface area contributed by atoms with E-state index in [4.69, 9.17) is 0 Å². The first kappa shape index (κ1) is 23.5. The molecule has 0 radical (unpaired) electrons. The van der Waals surface area contributed by atoms with E-state index in [-0.39, 0.29) is 16.7 Å². The van der Waals surface area contributed by atoms with Crippen LogP contribution in [0.25, 0.3) is 15.8 Å². The Balaban J connectivity index is 1.17. The highest BCUT2D eigenvalue weighted by Gasteiger charge is 2.34. The van der Waals surface area contributed by atoms with Crippen LogP contribution in [-0.2, 0) is 14.8 Å². The summed E-state index contributed by atoms with van der Waals surface area (Å²) in [4.78, 5) is 26.7. The zero-order valence-electron chi connectivity index (χ0n) is 19.6. The number of hydrogen-bond donors (Lipinski definition) is 0. The van der Waals surface area contributed by atoms with Crippen molar-refractivity contribution in [3.05, 3.63) is 53.4 Å². The Morgan fingerprint density at radius 3 is 2.44 bits per heavy atom. The van der Waals surface area contributed by atoms with Crippen molar-refractivity contribution in [3.63, 3.8) is 0 Å². The Bertz CT molecular complexity index is 1440. The van der Waals surface area contributed by atoms with Crippen molar-refractivity contribution in [3.8, 4) is 0 Å². The van der Waals surface area contributed by atoms with Crippen molar-refractivity contribution in [1.29, 1.82) is 0 Å². The van der Waals surface area contributed by atoms with Gasteiger partial charge in [0.15, 0.2) is 0 Å². The normalized spacial score (nSPS) is 19.5. The first-order valence-corrected chi connectivity index (χ1v) is 14.4. The summed E-state index contributed by atoms with van der Waals surface area (Å²) < 4.78 is 41.6. The molecule has 0 atom stereocenters. The largest absolute Gasteiger partial charge is 0.353 e. The van der Waals surface area contributed by atoms with Crippen LogP contribution in [0.1, 0.15) is 24.1 Å². The number of carbonyl (C=O) groups is 1. The van der Waals surface area contributed by atoms with Crippen LogP contribution in [0.4, 0.5) is 10.2 Å². The van der Waals surface area contributed by atoms with E-state index in [1.807, 2.05) is 4.90 Å². The zero-order valence-corrected chi connectivity index (χ0v) is 21.3. The predicted molar refractivity (Wildman–Crippen MR) is 137 cm³/mol. The quantitative estimate of drug-likeness (QED) is 0.506. The van der Waals surface area contributed by atoms with E-state index in [9.17, 15) is 17.6 Å². The fraction of sp³-hybridized carbons (Fsp3) is 0.400. The summed E-state index contributed by atoms with van der Waals surface area (Å²) >= 11 is 1.65. The number of anilines is 1. The molecule has 8 nitrogen and oxygen atoms in total. The molecule has 11 heteroatoms. The second kappa shape index (κ2) is 9.20. The van der Waals surface area contributed by atoms with Crippen molar-refractivity contribution >= 4 is 48.9 Å². The van der Waals surface area contributed by atoms with Crippen LogP contribution in [-0.4, -0.2) is 72.8 Å². The minimum Gasteiger partial charge on any atom is -0.353 e. The minimum atomic E-state index is -3.68. The summed E-state index contributed by atoms with van der Waals surface area (Å²) in [6.07, 6.45) is 6.59. The van der Waals surface area contributed by atoms with Crippen molar-refractivity contribution in [2.24, 2.45) is 5.92 Å². The summed E-state index contributed by atoms with van der Waals surface area (Å²) in [6, 6.07) is 7.03. The molecule has 1 aromatic carbocycles. The van der Waals surface area contributed by atoms with Gasteiger partial charge in [0.05, 0.1) is 15.1 Å². The van der Waals surface area contributed by atoms with Crippen molar-refractivity contribution in [2.75, 3.05) is 44.2 Å². The van der Waals surface area contributed by atoms with Crippen LogP contribution in [0, 0.1) is 11.7 Å². The first-order valence-electron chi connectivity index (χ1n) is 12.1. The number of piperazine rings is 1. The fourth-order valence-electron chi connectivity index (χ4n) is 4.80. The Morgan fingerprint density at radius 1 is 1.03 bits per heavy atom. The molecule has 1 amide bonds. The first-order chi connectivity index (χ1) is 17.4. The Hall–Kier alpha value is -2.89. The predicted octanol–water partition coefficient (Wildman–Crippen LogP) is 3.37. The Kier molecular flexibility index (Phi) is 6.01. The summed E-state index contributed by atoms with van der Waals surface area (Å²) in [7, 11) is -3.68. The second-order valence-electron chi connectivity index (χ2n) is 9.41. The molecule has 0 bridgehead atoms. The number of hydrogen-bond acceptors (Lipinski definition) is 7. The van der Waals surface area contributed by atoms with Gasteiger partial charge in [-0.3, -0.25) is 4.79 Å². The lowest BCUT2D eigenvalue weighted by molar-refractivity contribution is -0.132. The molecule has 2 aromatic heterocycles. The molecule has 6 rings (SSSR count). The van der Waals surface area contributed by atoms with Crippen molar-refractivity contribution in [2.45, 2.75) is 24.2 Å². The van der Waals surface area contributed by atoms with E-state index >= 15 is 0 Å². The van der Waals surface area contributed by atoms with Crippen LogP contribution in [0.5, 0.6) is 0 Å². The molecule has 36 heavy (non-hydrogen) atoms. The molecule has 3 aliphatic rings. The van der Waals surface area contributed by atoms with Gasteiger partial charge in [0.25, 0.3) is 0 Å². The van der Waals surface area contributed by atoms with Crippen LogP contribution < -0.4 is 4.90 Å². The summed E-state index contributed by atoms with van der Waals surface area (Å²) in [5, 5.41) is 0. The number of aromatic nitrogens is 2. The lowest BCUT2D eigenvalue weighted by atomic mass is 10.1. The number of halogens is 1. The van der Waals surface area contributed by atoms with Gasteiger partial charge in [0, 0.05) is 50.1 Å². The standard InChI is InChI=1S/C25H26FN5O3S2/c26-19-3-5-20(6-4-19)36(33,34)31-13-11-29(12-14-31)24-23-21(27-16-28-24)15-22(35-23)17-7-9-30(10-8-17)25(32)18-1-2-18/h3-7,15-16,18H,1-2,8-14H2. The number of nitrogens with zero attached hydrogens (tertiary/aromatic N) is 5. The Labute approximate surface area is 213 Å². The molecule has 1 aliphatic carbocycles. The summed E-state index contributed by atoms with van der Waals surface area (Å²) in [5.74, 6) is 0.885. The molecule has 1 saturated carbocycles. The maximum Gasteiger partial charge on any atom is 0.243 e. The van der Waals surface area contributed by atoms with Crippen molar-refractivity contribution in [1.82, 2.24) is 19.2 Å². The summed E-state index contributed by atoms with van der Waals surface area (Å²) in [6.45, 7) is 3.04. The Morgan fingerprint density at radius 2 is 1.78 bits per heavy atom. The van der Waals surface area contributed by atoms with Crippen LogP contribution in [0.15, 0.2) is 47.6 Å². The monoisotopic (exact) mass is 527 g/mol. The van der Waals surface area contributed by atoms with Gasteiger partial charge in [-0.15, -0.1) is 11.3 Å². The molecule has 0 N–H and O–H groups in total. The highest BCUT2D eigenvalue weighted by molar-refractivity contribution is 7.89. The van der Waals surface area contributed by atoms with Crippen LogP contribution in [0.3, 0.4) is 0 Å². The van der Waals surface area contributed by atoms with Gasteiger partial charge in [-0.25, -0.2) is 22.8 Å². The van der Waals surface area contributed by atoms with E-state index in [2.05, 4.69) is 27.0 Å². The maximum absolute atomic E-state index is 13.2. The number of rotatable bonds is 5. The van der Waals surface area contributed by atoms with Crippen LogP contribution >= 0.6 is 11.3 Å². The van der Waals surface area contributed by atoms with Gasteiger partial charge in [-0.2, -0.15) is 4.31 Å². The van der Waals surface area contributed by atoms with Crippen LogP contribution in [0.2, 0.25) is 0 Å². The number of thiophene rings is 1. The fourth-order valence-corrected chi connectivity index (χ4v) is 7.42. The lowest BCUT2D eigenvalue weighted by Gasteiger charge is -2.34. The van der Waals surface area contributed by atoms with E-state index in [0.29, 0.717) is 32.7 Å². The highest BCUT2D eigenvalue weighted by atomic mass is 32.2. The molecule has 0 unspecified atom stereocenters. The highest BCUT2D eigenvalue weighted by Crippen LogP contribution is 2.38. The SMILES string of the molecule is O=C(C1CC1)N1CC=C(c2cc3ncnc(N4CCN(S(=O)(=O)c5ccc(F)cc5)CC4)c3s2)CC1. The molecular weight excluding hydrogens is 501 g/mol. The minimum absolute atomic E-state index is 0.0998. The van der Waals surface area contributed by atoms with E-state index in [1.54, 1.807) is 17.7 Å². The maximum atomic E-state index is 13.2. The third-order valence-electron chi connectivity index (χ3n) is 7.05. The molecule has 2 fully saturated rings. The molecule has 4 heterocycles. The topological polar surface area (TPSA) is 86.7 Å². The van der Waals surface area contributed by atoms with E-state index in [1.165, 1.54) is 34.1 Å². The van der Waals surface area contributed by atoms with Gasteiger partial charge in [-0.1, -0.05) is 6.08 Å². The molecule has 1 saturated heterocycles. The zero-order chi connectivity index (χ0) is 24.9. The number of carbonyl (C=O) groups excluding carboxylic acids is 1. The van der Waals surface area contributed by atoms with Gasteiger partial charge in [0.2, 0.25) is 15.9 Å². The van der Waals surface area contributed by atoms with Gasteiger partial charge in [0.1, 0.15) is 18.0 Å². The average Bonchev–Trinajstić information content (AvgIpc) is 3.66. The van der Waals surface area contributed by atoms with E-state index < -0.39 is 15.8 Å². The summed E-state index contributed by atoms with van der Waals surface area (Å²) in [5.41, 5.74) is 2.11. The smallest absolute Gasteiger partial charge is 0.243 e. The number of benzene rings is 1. The molecule has 3 aromatic rings. The molecule has 0 spiro atoms. The number of sulfonamides is 1.